The Balaban J connectivity index is 1.76. The van der Waals surface area contributed by atoms with Gasteiger partial charge in [0.05, 0.1) is 18.9 Å². The predicted octanol–water partition coefficient (Wildman–Crippen LogP) is 1.85. The molecule has 1 heterocycles. The topological polar surface area (TPSA) is 84.2 Å². The van der Waals surface area contributed by atoms with Gasteiger partial charge in [0.25, 0.3) is 0 Å². The summed E-state index contributed by atoms with van der Waals surface area (Å²) in [5.41, 5.74) is 1.41. The Kier molecular flexibility index (Phi) is 5.33. The van der Waals surface area contributed by atoms with Crippen molar-refractivity contribution in [1.82, 2.24) is 14.5 Å². The number of nitrogens with one attached hydrogen (secondary N) is 1. The number of hydrogen-bond acceptors (Lipinski definition) is 4. The van der Waals surface area contributed by atoms with E-state index in [0.29, 0.717) is 12.8 Å². The lowest BCUT2D eigenvalue weighted by atomic mass is 10.1. The second-order valence-corrected chi connectivity index (χ2v) is 8.63. The van der Waals surface area contributed by atoms with Gasteiger partial charge in [-0.3, -0.25) is 4.68 Å². The molecule has 27 heavy (non-hydrogen) atoms. The molecule has 1 aromatic carbocycles. The molecular weight excluding hydrogens is 383 g/mol. The number of aromatic nitrogens is 2. The molecule has 3 rings (SSSR count). The van der Waals surface area contributed by atoms with Gasteiger partial charge >= 0.3 is 6.18 Å². The number of aliphatic hydroxyl groups excluding tert-OH is 1. The number of rotatable bonds is 6. The maximum Gasteiger partial charge on any atom is 0.435 e. The third kappa shape index (κ3) is 4.50. The van der Waals surface area contributed by atoms with Crippen LogP contribution in [0.1, 0.15) is 34.9 Å². The van der Waals surface area contributed by atoms with Gasteiger partial charge in [-0.05, 0) is 36.5 Å². The average molecular weight is 403 g/mol. The largest absolute Gasteiger partial charge is 0.435 e. The van der Waals surface area contributed by atoms with Crippen LogP contribution in [0.25, 0.3) is 0 Å². The molecule has 10 heteroatoms. The minimum atomic E-state index is -4.62. The van der Waals surface area contributed by atoms with Crippen molar-refractivity contribution in [2.24, 2.45) is 0 Å². The molecule has 0 unspecified atom stereocenters. The summed E-state index contributed by atoms with van der Waals surface area (Å²) in [5.74, 6) is 0.0130. The Bertz CT molecular complexity index is 939. The number of nitrogens with zero attached hydrogens (tertiary/aromatic N) is 2. The Labute approximate surface area is 155 Å². The van der Waals surface area contributed by atoms with Crippen molar-refractivity contribution in [3.8, 4) is 0 Å². The normalized spacial score (nSPS) is 17.3. The van der Waals surface area contributed by atoms with E-state index in [1.165, 1.54) is 6.20 Å². The van der Waals surface area contributed by atoms with Crippen LogP contribution in [0.15, 0.2) is 24.4 Å². The van der Waals surface area contributed by atoms with Gasteiger partial charge in [-0.1, -0.05) is 18.2 Å². The van der Waals surface area contributed by atoms with Gasteiger partial charge in [0.15, 0.2) is 5.69 Å². The zero-order valence-electron chi connectivity index (χ0n) is 14.6. The SMILES string of the molecule is CCS(=O)(=O)N[C@@H]1Cc2ccc(Cn3cc(CO)c(C(F)(F)F)n3)cc2C1. The number of hydrogen-bond donors (Lipinski definition) is 2. The first-order valence-electron chi connectivity index (χ1n) is 8.46. The predicted molar refractivity (Wildman–Crippen MR) is 92.5 cm³/mol. The molecule has 6 nitrogen and oxygen atoms in total. The summed E-state index contributed by atoms with van der Waals surface area (Å²) in [6.45, 7) is 0.961. The van der Waals surface area contributed by atoms with Gasteiger partial charge in [-0.25, -0.2) is 13.1 Å². The number of aliphatic hydroxyl groups is 1. The highest BCUT2D eigenvalue weighted by atomic mass is 32.2. The molecule has 0 saturated carbocycles. The minimum Gasteiger partial charge on any atom is -0.392 e. The van der Waals surface area contributed by atoms with E-state index >= 15 is 0 Å². The first-order chi connectivity index (χ1) is 12.6. The molecule has 1 aromatic heterocycles. The summed E-state index contributed by atoms with van der Waals surface area (Å²) < 4.78 is 66.1. The molecular formula is C17H20F3N3O3S. The van der Waals surface area contributed by atoms with Crippen molar-refractivity contribution < 1.29 is 26.7 Å². The lowest BCUT2D eigenvalue weighted by Gasteiger charge is -2.10. The number of benzene rings is 1. The zero-order valence-corrected chi connectivity index (χ0v) is 15.4. The first kappa shape index (κ1) is 19.8. The Hall–Kier alpha value is -1.91. The van der Waals surface area contributed by atoms with Crippen molar-refractivity contribution in [2.45, 2.75) is 45.1 Å². The van der Waals surface area contributed by atoms with Crippen LogP contribution in [-0.2, 0) is 42.2 Å². The van der Waals surface area contributed by atoms with Crippen LogP contribution >= 0.6 is 0 Å². The van der Waals surface area contributed by atoms with E-state index in [1.807, 2.05) is 12.1 Å². The standard InChI is InChI=1S/C17H20F3N3O3S/c1-2-27(25,26)22-15-6-12-4-3-11(5-13(12)7-15)8-23-9-14(10-24)16(21-23)17(18,19)20/h3-5,9,15,22,24H,2,6-8,10H2,1H3/t15-/m1/s1. The number of sulfonamides is 1. The van der Waals surface area contributed by atoms with Gasteiger partial charge < -0.3 is 5.11 Å². The molecule has 0 radical (unpaired) electrons. The smallest absolute Gasteiger partial charge is 0.392 e. The van der Waals surface area contributed by atoms with Crippen molar-refractivity contribution >= 4 is 10.0 Å². The number of alkyl halides is 3. The third-order valence-corrected chi connectivity index (χ3v) is 6.00. The second kappa shape index (κ2) is 7.25. The van der Waals surface area contributed by atoms with E-state index in [4.69, 9.17) is 5.11 Å². The van der Waals surface area contributed by atoms with Crippen LogP contribution in [0.5, 0.6) is 0 Å². The van der Waals surface area contributed by atoms with E-state index in [9.17, 15) is 21.6 Å². The van der Waals surface area contributed by atoms with Gasteiger partial charge in [-0.15, -0.1) is 0 Å². The molecule has 2 N–H and O–H groups in total. The van der Waals surface area contributed by atoms with E-state index in [0.717, 1.165) is 21.4 Å². The maximum absolute atomic E-state index is 12.9. The van der Waals surface area contributed by atoms with Crippen LogP contribution in [0.3, 0.4) is 0 Å². The highest BCUT2D eigenvalue weighted by molar-refractivity contribution is 7.89. The average Bonchev–Trinajstić information content (AvgIpc) is 3.17. The van der Waals surface area contributed by atoms with Crippen LogP contribution in [-0.4, -0.2) is 35.1 Å². The summed E-state index contributed by atoms with van der Waals surface area (Å²) >= 11 is 0. The van der Waals surface area contributed by atoms with E-state index in [-0.39, 0.29) is 23.9 Å². The molecule has 0 amide bonds. The summed E-state index contributed by atoms with van der Waals surface area (Å²) in [7, 11) is -3.29. The zero-order chi connectivity index (χ0) is 19.8. The van der Waals surface area contributed by atoms with Crippen molar-refractivity contribution in [2.75, 3.05) is 5.75 Å². The third-order valence-electron chi connectivity index (χ3n) is 4.55. The maximum atomic E-state index is 12.9. The summed E-state index contributed by atoms with van der Waals surface area (Å²) in [5, 5.41) is 12.7. The fourth-order valence-corrected chi connectivity index (χ4v) is 4.12. The first-order valence-corrected chi connectivity index (χ1v) is 10.1. The lowest BCUT2D eigenvalue weighted by Crippen LogP contribution is -2.36. The number of halogens is 3. The van der Waals surface area contributed by atoms with Crippen LogP contribution in [0.4, 0.5) is 13.2 Å². The van der Waals surface area contributed by atoms with Gasteiger partial charge in [0.1, 0.15) is 0 Å². The van der Waals surface area contributed by atoms with E-state index < -0.39 is 28.5 Å². The van der Waals surface area contributed by atoms with Crippen molar-refractivity contribution in [1.29, 1.82) is 0 Å². The second-order valence-electron chi connectivity index (χ2n) is 6.59. The minimum absolute atomic E-state index is 0.0130. The molecule has 0 saturated heterocycles. The number of fused-ring (bicyclic) bond motifs is 1. The summed E-state index contributed by atoms with van der Waals surface area (Å²) in [6.07, 6.45) is -2.31. The Morgan fingerprint density at radius 1 is 1.30 bits per heavy atom. The molecule has 0 aliphatic heterocycles. The van der Waals surface area contributed by atoms with E-state index in [2.05, 4.69) is 9.82 Å². The molecule has 1 aliphatic rings. The van der Waals surface area contributed by atoms with Crippen LogP contribution in [0, 0.1) is 0 Å². The van der Waals surface area contributed by atoms with Crippen molar-refractivity contribution in [3.05, 3.63) is 52.3 Å². The van der Waals surface area contributed by atoms with Gasteiger partial charge in [0, 0.05) is 17.8 Å². The van der Waals surface area contributed by atoms with Gasteiger partial charge in [0.2, 0.25) is 10.0 Å². The fourth-order valence-electron chi connectivity index (χ4n) is 3.28. The lowest BCUT2D eigenvalue weighted by molar-refractivity contribution is -0.142. The molecule has 1 atom stereocenters. The molecule has 148 valence electrons. The summed E-state index contributed by atoms with van der Waals surface area (Å²) in [4.78, 5) is 0. The Morgan fingerprint density at radius 3 is 2.59 bits per heavy atom. The highest BCUT2D eigenvalue weighted by Crippen LogP contribution is 2.31. The fraction of sp³-hybridized carbons (Fsp3) is 0.471. The van der Waals surface area contributed by atoms with Crippen molar-refractivity contribution in [3.63, 3.8) is 0 Å². The Morgan fingerprint density at radius 2 is 2.00 bits per heavy atom. The molecule has 0 fully saturated rings. The molecule has 1 aliphatic carbocycles. The van der Waals surface area contributed by atoms with Gasteiger partial charge in [-0.2, -0.15) is 18.3 Å². The molecule has 0 spiro atoms. The highest BCUT2D eigenvalue weighted by Gasteiger charge is 2.37. The molecule has 2 aromatic rings. The van der Waals surface area contributed by atoms with Crippen LogP contribution in [0.2, 0.25) is 0 Å². The van der Waals surface area contributed by atoms with E-state index in [1.54, 1.807) is 13.0 Å². The monoisotopic (exact) mass is 403 g/mol. The quantitative estimate of drug-likeness (QED) is 0.771. The van der Waals surface area contributed by atoms with Crippen LogP contribution < -0.4 is 4.72 Å². The summed E-state index contributed by atoms with van der Waals surface area (Å²) in [6, 6.07) is 5.32. The molecule has 0 bridgehead atoms.